The lowest BCUT2D eigenvalue weighted by Crippen LogP contribution is -2.46. The minimum Gasteiger partial charge on any atom is -0.346 e. The number of amides is 1. The van der Waals surface area contributed by atoms with Crippen molar-refractivity contribution in [3.05, 3.63) is 0 Å². The Morgan fingerprint density at radius 1 is 1.31 bits per heavy atom. The molecular weight excluding hydrogens is 245 g/mol. The highest BCUT2D eigenvalue weighted by Gasteiger charge is 2.29. The van der Waals surface area contributed by atoms with Gasteiger partial charge in [0.25, 0.3) is 0 Å². The second kappa shape index (κ2) is 7.73. The van der Waals surface area contributed by atoms with Crippen molar-refractivity contribution in [1.82, 2.24) is 10.6 Å². The number of likely N-dealkylation sites (N-methyl/N-ethyl adjacent to an activating group) is 1. The molecule has 0 saturated carbocycles. The van der Waals surface area contributed by atoms with Crippen molar-refractivity contribution in [1.29, 1.82) is 0 Å². The highest BCUT2D eigenvalue weighted by molar-refractivity contribution is 5.85. The number of carbonyl (C=O) groups excluding carboxylic acids is 1. The highest BCUT2D eigenvalue weighted by atomic mass is 35.5. The Morgan fingerprint density at radius 2 is 1.81 bits per heavy atom. The predicted molar refractivity (Wildman–Crippen MR) is 58.6 cm³/mol. The molecule has 16 heavy (non-hydrogen) atoms. The Morgan fingerprint density at radius 3 is 2.12 bits per heavy atom. The summed E-state index contributed by atoms with van der Waals surface area (Å²) >= 11 is 0. The lowest BCUT2D eigenvalue weighted by atomic mass is 10.0. The third-order valence-corrected chi connectivity index (χ3v) is 1.84. The van der Waals surface area contributed by atoms with E-state index >= 15 is 0 Å². The van der Waals surface area contributed by atoms with Crippen molar-refractivity contribution in [2.45, 2.75) is 32.5 Å². The molecule has 0 spiro atoms. The first-order valence-electron chi connectivity index (χ1n) is 4.78. The molecule has 0 fully saturated rings. The molecule has 2 N–H and O–H groups in total. The van der Waals surface area contributed by atoms with E-state index in [0.717, 1.165) is 0 Å². The minimum absolute atomic E-state index is 0. The maximum Gasteiger partial charge on any atom is 0.405 e. The number of rotatable bonds is 5. The van der Waals surface area contributed by atoms with Crippen LogP contribution in [0.1, 0.15) is 20.3 Å². The maximum absolute atomic E-state index is 11.8. The van der Waals surface area contributed by atoms with Crippen molar-refractivity contribution in [3.8, 4) is 0 Å². The van der Waals surface area contributed by atoms with E-state index in [1.54, 1.807) is 7.05 Å². The third kappa shape index (κ3) is 8.79. The zero-order valence-electron chi connectivity index (χ0n) is 9.52. The third-order valence-electron chi connectivity index (χ3n) is 1.84. The van der Waals surface area contributed by atoms with E-state index in [2.05, 4.69) is 5.32 Å². The van der Waals surface area contributed by atoms with Gasteiger partial charge >= 0.3 is 6.18 Å². The number of carbonyl (C=O) groups is 1. The van der Waals surface area contributed by atoms with Crippen LogP contribution in [0.5, 0.6) is 0 Å². The molecule has 0 rings (SSSR count). The van der Waals surface area contributed by atoms with Crippen LogP contribution in [0.4, 0.5) is 13.2 Å². The van der Waals surface area contributed by atoms with Crippen molar-refractivity contribution in [2.24, 2.45) is 5.92 Å². The van der Waals surface area contributed by atoms with Gasteiger partial charge in [-0.3, -0.25) is 4.79 Å². The smallest absolute Gasteiger partial charge is 0.346 e. The molecule has 1 unspecified atom stereocenters. The summed E-state index contributed by atoms with van der Waals surface area (Å²) in [4.78, 5) is 11.3. The van der Waals surface area contributed by atoms with E-state index in [-0.39, 0.29) is 18.3 Å². The molecule has 0 aliphatic rings. The zero-order chi connectivity index (χ0) is 12.1. The monoisotopic (exact) mass is 262 g/mol. The second-order valence-electron chi connectivity index (χ2n) is 3.80. The lowest BCUT2D eigenvalue weighted by Gasteiger charge is -2.18. The Kier molecular flexibility index (Phi) is 8.64. The van der Waals surface area contributed by atoms with Gasteiger partial charge in [-0.2, -0.15) is 13.2 Å². The summed E-state index contributed by atoms with van der Waals surface area (Å²) in [5.41, 5.74) is 0. The fraction of sp³-hybridized carbons (Fsp3) is 0.889. The maximum atomic E-state index is 11.8. The van der Waals surface area contributed by atoms with Crippen molar-refractivity contribution < 1.29 is 18.0 Å². The Balaban J connectivity index is 0. The van der Waals surface area contributed by atoms with Gasteiger partial charge in [0.1, 0.15) is 6.54 Å². The summed E-state index contributed by atoms with van der Waals surface area (Å²) in [6.07, 6.45) is -3.84. The van der Waals surface area contributed by atoms with Crippen LogP contribution in [-0.4, -0.2) is 31.7 Å². The first-order chi connectivity index (χ1) is 6.76. The molecule has 7 heteroatoms. The average molecular weight is 263 g/mol. The van der Waals surface area contributed by atoms with Gasteiger partial charge in [0.2, 0.25) is 5.91 Å². The Hall–Kier alpha value is -0.490. The zero-order valence-corrected chi connectivity index (χ0v) is 10.3. The fourth-order valence-corrected chi connectivity index (χ4v) is 1.14. The van der Waals surface area contributed by atoms with E-state index in [4.69, 9.17) is 0 Å². The van der Waals surface area contributed by atoms with E-state index in [9.17, 15) is 18.0 Å². The highest BCUT2D eigenvalue weighted by Crippen LogP contribution is 2.12. The van der Waals surface area contributed by atoms with Gasteiger partial charge < -0.3 is 10.6 Å². The van der Waals surface area contributed by atoms with E-state index in [1.165, 1.54) is 0 Å². The van der Waals surface area contributed by atoms with Gasteiger partial charge in [-0.05, 0) is 19.4 Å². The molecule has 0 aliphatic heterocycles. The van der Waals surface area contributed by atoms with Gasteiger partial charge in [-0.25, -0.2) is 0 Å². The number of hydrogen-bond acceptors (Lipinski definition) is 2. The molecule has 0 bridgehead atoms. The largest absolute Gasteiger partial charge is 0.405 e. The number of halogens is 4. The lowest BCUT2D eigenvalue weighted by molar-refractivity contribution is -0.139. The van der Waals surface area contributed by atoms with Crippen LogP contribution in [0, 0.1) is 5.92 Å². The first-order valence-corrected chi connectivity index (χ1v) is 4.78. The average Bonchev–Trinajstić information content (AvgIpc) is 2.08. The molecule has 0 saturated heterocycles. The van der Waals surface area contributed by atoms with Gasteiger partial charge in [0.05, 0.1) is 6.04 Å². The van der Waals surface area contributed by atoms with Crippen molar-refractivity contribution in [2.75, 3.05) is 13.6 Å². The molecule has 3 nitrogen and oxygen atoms in total. The van der Waals surface area contributed by atoms with Gasteiger partial charge in [0, 0.05) is 0 Å². The van der Waals surface area contributed by atoms with Gasteiger partial charge in [-0.15, -0.1) is 12.4 Å². The number of hydrogen-bond donors (Lipinski definition) is 2. The van der Waals surface area contributed by atoms with E-state index in [0.29, 0.717) is 6.42 Å². The Bertz CT molecular complexity index is 209. The van der Waals surface area contributed by atoms with Gasteiger partial charge in [0.15, 0.2) is 0 Å². The van der Waals surface area contributed by atoms with Crippen LogP contribution < -0.4 is 10.6 Å². The number of alkyl halides is 3. The Labute approximate surface area is 99.6 Å². The number of nitrogens with one attached hydrogen (secondary N) is 2. The SMILES string of the molecule is CNC(CC(C)C)C(=O)NCC(F)(F)F.Cl. The minimum atomic E-state index is -4.36. The molecule has 0 heterocycles. The standard InChI is InChI=1S/C9H17F3N2O.ClH/c1-6(2)4-7(13-3)8(15)14-5-9(10,11)12;/h6-7,13H,4-5H2,1-3H3,(H,14,15);1H. The molecule has 0 aromatic heterocycles. The van der Waals surface area contributed by atoms with Crippen LogP contribution in [-0.2, 0) is 4.79 Å². The van der Waals surface area contributed by atoms with Crippen LogP contribution in [0.2, 0.25) is 0 Å². The fourth-order valence-electron chi connectivity index (χ4n) is 1.14. The summed E-state index contributed by atoms with van der Waals surface area (Å²) in [6.45, 7) is 2.53. The molecule has 1 atom stereocenters. The molecule has 0 aromatic rings. The quantitative estimate of drug-likeness (QED) is 0.792. The van der Waals surface area contributed by atoms with E-state index in [1.807, 2.05) is 19.2 Å². The van der Waals surface area contributed by atoms with Crippen LogP contribution in [0.25, 0.3) is 0 Å². The molecule has 1 amide bonds. The van der Waals surface area contributed by atoms with Crippen molar-refractivity contribution >= 4 is 18.3 Å². The summed E-state index contributed by atoms with van der Waals surface area (Å²) < 4.78 is 35.4. The first kappa shape index (κ1) is 17.9. The summed E-state index contributed by atoms with van der Waals surface area (Å²) in [6, 6.07) is -0.563. The molecule has 0 aromatic carbocycles. The summed E-state index contributed by atoms with van der Waals surface area (Å²) in [5, 5.41) is 4.54. The topological polar surface area (TPSA) is 41.1 Å². The molecular formula is C9H18ClF3N2O. The van der Waals surface area contributed by atoms with Crippen LogP contribution >= 0.6 is 12.4 Å². The van der Waals surface area contributed by atoms with Crippen molar-refractivity contribution in [3.63, 3.8) is 0 Å². The normalized spacial score (nSPS) is 13.2. The van der Waals surface area contributed by atoms with Gasteiger partial charge in [-0.1, -0.05) is 13.8 Å². The predicted octanol–water partition coefficient (Wildman–Crippen LogP) is 1.72. The van der Waals surface area contributed by atoms with E-state index < -0.39 is 24.7 Å². The molecule has 98 valence electrons. The summed E-state index contributed by atoms with van der Waals surface area (Å²) in [5.74, 6) is -0.359. The molecule has 0 aliphatic carbocycles. The second-order valence-corrected chi connectivity index (χ2v) is 3.80. The summed E-state index contributed by atoms with van der Waals surface area (Å²) in [7, 11) is 1.56. The van der Waals surface area contributed by atoms with Crippen LogP contribution in [0.3, 0.4) is 0 Å². The van der Waals surface area contributed by atoms with Crippen LogP contribution in [0.15, 0.2) is 0 Å². The molecule has 0 radical (unpaired) electrons.